The molecule has 1 aromatic carbocycles. The summed E-state index contributed by atoms with van der Waals surface area (Å²) in [5.41, 5.74) is 1.26. The maximum absolute atomic E-state index is 5.67. The van der Waals surface area contributed by atoms with Crippen LogP contribution >= 0.6 is 0 Å². The van der Waals surface area contributed by atoms with Crippen LogP contribution in [0.15, 0.2) is 30.6 Å². The molecule has 1 aromatic heterocycles. The van der Waals surface area contributed by atoms with Gasteiger partial charge in [-0.25, -0.2) is 4.98 Å². The van der Waals surface area contributed by atoms with Crippen molar-refractivity contribution in [3.05, 3.63) is 42.0 Å². The molecule has 0 fully saturated rings. The minimum Gasteiger partial charge on any atom is -0.486 e. The summed E-state index contributed by atoms with van der Waals surface area (Å²) in [5, 5.41) is 7.37. The van der Waals surface area contributed by atoms with Crippen molar-refractivity contribution < 1.29 is 4.74 Å². The summed E-state index contributed by atoms with van der Waals surface area (Å²) in [6.45, 7) is 4.54. The highest BCUT2D eigenvalue weighted by Gasteiger charge is 2.01. The molecule has 0 atom stereocenters. The summed E-state index contributed by atoms with van der Waals surface area (Å²) in [6.07, 6.45) is 2.68. The predicted octanol–water partition coefficient (Wildman–Crippen LogP) is 1.89. The third kappa shape index (κ3) is 4.06. The van der Waals surface area contributed by atoms with Gasteiger partial charge in [-0.15, -0.1) is 0 Å². The molecule has 102 valence electrons. The quantitative estimate of drug-likeness (QED) is 0.772. The van der Waals surface area contributed by atoms with Crippen LogP contribution in [0.2, 0.25) is 0 Å². The molecule has 0 saturated carbocycles. The van der Waals surface area contributed by atoms with Crippen molar-refractivity contribution in [2.24, 2.45) is 7.05 Å². The van der Waals surface area contributed by atoms with Crippen molar-refractivity contribution in [2.75, 3.05) is 6.54 Å². The van der Waals surface area contributed by atoms with E-state index in [0.717, 1.165) is 31.1 Å². The van der Waals surface area contributed by atoms with Crippen LogP contribution < -0.4 is 10.1 Å². The number of rotatable bonds is 7. The van der Waals surface area contributed by atoms with Gasteiger partial charge in [0, 0.05) is 13.6 Å². The average molecular weight is 260 g/mol. The molecule has 5 nitrogen and oxygen atoms in total. The molecule has 0 aliphatic rings. The van der Waals surface area contributed by atoms with Gasteiger partial charge in [0.15, 0.2) is 5.82 Å². The first kappa shape index (κ1) is 13.5. The molecule has 0 radical (unpaired) electrons. The summed E-state index contributed by atoms with van der Waals surface area (Å²) in [5.74, 6) is 1.66. The minimum absolute atomic E-state index is 0.434. The van der Waals surface area contributed by atoms with Crippen LogP contribution in [0.25, 0.3) is 0 Å². The van der Waals surface area contributed by atoms with Crippen LogP contribution in [-0.4, -0.2) is 21.3 Å². The molecule has 0 spiro atoms. The first-order valence-electron chi connectivity index (χ1n) is 6.55. The van der Waals surface area contributed by atoms with E-state index in [4.69, 9.17) is 4.74 Å². The number of nitrogens with one attached hydrogen (secondary N) is 1. The zero-order valence-corrected chi connectivity index (χ0v) is 11.5. The Morgan fingerprint density at radius 3 is 2.68 bits per heavy atom. The highest BCUT2D eigenvalue weighted by Crippen LogP contribution is 2.13. The number of hydrogen-bond acceptors (Lipinski definition) is 4. The SMILES string of the molecule is CCCNCc1ccc(OCc2ncnn2C)cc1. The topological polar surface area (TPSA) is 52.0 Å². The Morgan fingerprint density at radius 1 is 1.26 bits per heavy atom. The summed E-state index contributed by atoms with van der Waals surface area (Å²) in [6, 6.07) is 8.13. The van der Waals surface area contributed by atoms with Crippen LogP contribution in [0, 0.1) is 0 Å². The monoisotopic (exact) mass is 260 g/mol. The Labute approximate surface area is 113 Å². The van der Waals surface area contributed by atoms with Crippen molar-refractivity contribution in [3.8, 4) is 5.75 Å². The van der Waals surface area contributed by atoms with E-state index in [1.54, 1.807) is 4.68 Å². The van der Waals surface area contributed by atoms with Crippen LogP contribution in [0.1, 0.15) is 24.7 Å². The summed E-state index contributed by atoms with van der Waals surface area (Å²) in [4.78, 5) is 4.12. The fourth-order valence-electron chi connectivity index (χ4n) is 1.71. The Morgan fingerprint density at radius 2 is 2.05 bits per heavy atom. The standard InChI is InChI=1S/C14H20N4O/c1-3-8-15-9-12-4-6-13(7-5-12)19-10-14-16-11-17-18(14)2/h4-7,11,15H,3,8-10H2,1-2H3. The van der Waals surface area contributed by atoms with E-state index >= 15 is 0 Å². The number of benzene rings is 1. The molecule has 0 unspecified atom stereocenters. The van der Waals surface area contributed by atoms with E-state index in [2.05, 4.69) is 34.5 Å². The molecule has 0 bridgehead atoms. The molecule has 0 amide bonds. The number of aryl methyl sites for hydroxylation is 1. The molecule has 2 aromatic rings. The van der Waals surface area contributed by atoms with Crippen LogP contribution in [0.3, 0.4) is 0 Å². The third-order valence-corrected chi connectivity index (χ3v) is 2.85. The lowest BCUT2D eigenvalue weighted by atomic mass is 10.2. The molecular weight excluding hydrogens is 240 g/mol. The van der Waals surface area contributed by atoms with Gasteiger partial charge in [-0.1, -0.05) is 19.1 Å². The van der Waals surface area contributed by atoms with Gasteiger partial charge in [0.25, 0.3) is 0 Å². The van der Waals surface area contributed by atoms with E-state index in [1.807, 2.05) is 19.2 Å². The van der Waals surface area contributed by atoms with E-state index in [0.29, 0.717) is 6.61 Å². The second kappa shape index (κ2) is 6.89. The second-order valence-electron chi connectivity index (χ2n) is 4.41. The zero-order valence-electron chi connectivity index (χ0n) is 11.5. The third-order valence-electron chi connectivity index (χ3n) is 2.85. The van der Waals surface area contributed by atoms with Crippen LogP contribution in [0.5, 0.6) is 5.75 Å². The van der Waals surface area contributed by atoms with Gasteiger partial charge in [-0.2, -0.15) is 5.10 Å². The van der Waals surface area contributed by atoms with Crippen molar-refractivity contribution in [2.45, 2.75) is 26.5 Å². The Hall–Kier alpha value is -1.88. The average Bonchev–Trinajstić information content (AvgIpc) is 2.84. The minimum atomic E-state index is 0.434. The van der Waals surface area contributed by atoms with Crippen molar-refractivity contribution >= 4 is 0 Å². The summed E-state index contributed by atoms with van der Waals surface area (Å²) >= 11 is 0. The van der Waals surface area contributed by atoms with Crippen molar-refractivity contribution in [3.63, 3.8) is 0 Å². The molecule has 1 N–H and O–H groups in total. The van der Waals surface area contributed by atoms with E-state index in [-0.39, 0.29) is 0 Å². The Balaban J connectivity index is 1.83. The van der Waals surface area contributed by atoms with Crippen LogP contribution in [-0.2, 0) is 20.2 Å². The molecule has 5 heteroatoms. The van der Waals surface area contributed by atoms with Gasteiger partial charge in [-0.3, -0.25) is 4.68 Å². The number of hydrogen-bond donors (Lipinski definition) is 1. The molecule has 0 aliphatic heterocycles. The molecule has 19 heavy (non-hydrogen) atoms. The molecular formula is C14H20N4O. The Kier molecular flexibility index (Phi) is 4.92. The maximum atomic E-state index is 5.67. The van der Waals surface area contributed by atoms with Gasteiger partial charge in [0.2, 0.25) is 0 Å². The lowest BCUT2D eigenvalue weighted by Gasteiger charge is -2.07. The van der Waals surface area contributed by atoms with Crippen LogP contribution in [0.4, 0.5) is 0 Å². The molecule has 0 aliphatic carbocycles. The largest absolute Gasteiger partial charge is 0.486 e. The lowest BCUT2D eigenvalue weighted by molar-refractivity contribution is 0.289. The van der Waals surface area contributed by atoms with Gasteiger partial charge in [-0.05, 0) is 30.7 Å². The maximum Gasteiger partial charge on any atom is 0.164 e. The number of aromatic nitrogens is 3. The first-order chi connectivity index (χ1) is 9.29. The van der Waals surface area contributed by atoms with E-state index in [9.17, 15) is 0 Å². The van der Waals surface area contributed by atoms with Gasteiger partial charge in [0.05, 0.1) is 0 Å². The highest BCUT2D eigenvalue weighted by atomic mass is 16.5. The first-order valence-corrected chi connectivity index (χ1v) is 6.55. The number of nitrogens with zero attached hydrogens (tertiary/aromatic N) is 3. The number of ether oxygens (including phenoxy) is 1. The zero-order chi connectivity index (χ0) is 13.5. The fourth-order valence-corrected chi connectivity index (χ4v) is 1.71. The van der Waals surface area contributed by atoms with Crippen molar-refractivity contribution in [1.29, 1.82) is 0 Å². The summed E-state index contributed by atoms with van der Waals surface area (Å²) in [7, 11) is 1.86. The van der Waals surface area contributed by atoms with E-state index < -0.39 is 0 Å². The normalized spacial score (nSPS) is 10.6. The van der Waals surface area contributed by atoms with Gasteiger partial charge < -0.3 is 10.1 Å². The van der Waals surface area contributed by atoms with Gasteiger partial charge >= 0.3 is 0 Å². The smallest absolute Gasteiger partial charge is 0.164 e. The van der Waals surface area contributed by atoms with E-state index in [1.165, 1.54) is 11.9 Å². The predicted molar refractivity (Wildman–Crippen MR) is 73.8 cm³/mol. The van der Waals surface area contributed by atoms with Gasteiger partial charge in [0.1, 0.15) is 18.7 Å². The fraction of sp³-hybridized carbons (Fsp3) is 0.429. The summed E-state index contributed by atoms with van der Waals surface area (Å²) < 4.78 is 7.38. The molecule has 2 rings (SSSR count). The Bertz CT molecular complexity index is 492. The second-order valence-corrected chi connectivity index (χ2v) is 4.41. The van der Waals surface area contributed by atoms with Crippen molar-refractivity contribution in [1.82, 2.24) is 20.1 Å². The molecule has 1 heterocycles. The highest BCUT2D eigenvalue weighted by molar-refractivity contribution is 5.27. The molecule has 0 saturated heterocycles. The lowest BCUT2D eigenvalue weighted by Crippen LogP contribution is -2.13.